The highest BCUT2D eigenvalue weighted by atomic mass is 19.2. The van der Waals surface area contributed by atoms with Crippen molar-refractivity contribution >= 4 is 28.2 Å². The van der Waals surface area contributed by atoms with Crippen LogP contribution in [-0.4, -0.2) is 36.2 Å². The number of piperazine rings is 1. The summed E-state index contributed by atoms with van der Waals surface area (Å²) in [6, 6.07) is 2.29. The second kappa shape index (κ2) is 9.05. The van der Waals surface area contributed by atoms with Gasteiger partial charge >= 0.3 is 0 Å². The summed E-state index contributed by atoms with van der Waals surface area (Å²) in [5.41, 5.74) is -2.65. The van der Waals surface area contributed by atoms with Crippen LogP contribution in [-0.2, 0) is 6.54 Å². The number of fused-ring (bicyclic) bond motifs is 1. The number of nitrogens with one attached hydrogen (secondary N) is 2. The van der Waals surface area contributed by atoms with Crippen molar-refractivity contribution in [2.45, 2.75) is 26.4 Å². The third-order valence-corrected chi connectivity index (χ3v) is 5.78. The molecular weight excluding hydrogens is 459 g/mol. The first kappa shape index (κ1) is 23.7. The van der Waals surface area contributed by atoms with Crippen molar-refractivity contribution in [1.82, 2.24) is 9.88 Å². The number of nitrogens with zero attached hydrogens (tertiary/aromatic N) is 2. The molecule has 1 aliphatic rings. The largest absolute Gasteiger partial charge is 0.364 e. The van der Waals surface area contributed by atoms with Gasteiger partial charge < -0.3 is 20.1 Å². The maximum Gasteiger partial charge on any atom is 0.261 e. The fraction of sp³-hybridized carbons (Fsp3) is 0.304. The van der Waals surface area contributed by atoms with E-state index in [4.69, 9.17) is 0 Å². The maximum atomic E-state index is 15.6. The van der Waals surface area contributed by atoms with Gasteiger partial charge in [0.1, 0.15) is 17.1 Å². The second-order valence-corrected chi connectivity index (χ2v) is 8.05. The van der Waals surface area contributed by atoms with Gasteiger partial charge in [0.15, 0.2) is 23.3 Å². The Morgan fingerprint density at radius 1 is 1.12 bits per heavy atom. The highest BCUT2D eigenvalue weighted by molar-refractivity contribution is 6.06. The minimum Gasteiger partial charge on any atom is -0.364 e. The number of hydrogen-bond donors (Lipinski definition) is 2. The van der Waals surface area contributed by atoms with E-state index < -0.39 is 51.7 Å². The van der Waals surface area contributed by atoms with E-state index >= 15 is 8.78 Å². The Labute approximate surface area is 191 Å². The number of anilines is 2. The zero-order valence-corrected chi connectivity index (χ0v) is 18.3. The molecule has 2 aromatic carbocycles. The molecule has 0 aliphatic carbocycles. The first-order chi connectivity index (χ1) is 16.1. The molecule has 0 spiro atoms. The van der Waals surface area contributed by atoms with Crippen LogP contribution in [0.1, 0.15) is 24.2 Å². The van der Waals surface area contributed by atoms with E-state index in [2.05, 4.69) is 5.32 Å². The molecule has 3 aromatic rings. The number of amides is 1. The normalized spacial score (nSPS) is 16.2. The van der Waals surface area contributed by atoms with Crippen LogP contribution in [0.4, 0.5) is 33.3 Å². The van der Waals surface area contributed by atoms with Crippen molar-refractivity contribution in [3.8, 4) is 0 Å². The summed E-state index contributed by atoms with van der Waals surface area (Å²) in [5.74, 6) is -7.90. The van der Waals surface area contributed by atoms with Gasteiger partial charge in [-0.25, -0.2) is 22.0 Å². The lowest BCUT2D eigenvalue weighted by molar-refractivity contribution is 0.102. The van der Waals surface area contributed by atoms with Crippen LogP contribution in [0.2, 0.25) is 0 Å². The summed E-state index contributed by atoms with van der Waals surface area (Å²) in [4.78, 5) is 27.3. The molecule has 6 nitrogen and oxygen atoms in total. The molecule has 4 rings (SSSR count). The van der Waals surface area contributed by atoms with E-state index in [0.29, 0.717) is 25.7 Å². The highest BCUT2D eigenvalue weighted by Gasteiger charge is 2.27. The van der Waals surface area contributed by atoms with Crippen molar-refractivity contribution in [3.05, 3.63) is 69.3 Å². The van der Waals surface area contributed by atoms with E-state index in [1.807, 2.05) is 12.2 Å². The van der Waals surface area contributed by atoms with Gasteiger partial charge in [0.05, 0.1) is 16.6 Å². The number of carbonyl (C=O) groups is 1. The lowest BCUT2D eigenvalue weighted by Gasteiger charge is -2.34. The van der Waals surface area contributed by atoms with Gasteiger partial charge in [-0.05, 0) is 32.0 Å². The van der Waals surface area contributed by atoms with Crippen molar-refractivity contribution < 1.29 is 26.7 Å². The molecule has 1 atom stereocenters. The number of halogens is 5. The minimum absolute atomic E-state index is 0.000573. The third-order valence-electron chi connectivity index (χ3n) is 5.78. The Kier molecular flexibility index (Phi) is 6.30. The van der Waals surface area contributed by atoms with Crippen molar-refractivity contribution in [2.24, 2.45) is 0 Å². The van der Waals surface area contributed by atoms with Gasteiger partial charge in [-0.15, -0.1) is 0 Å². The predicted octanol–water partition coefficient (Wildman–Crippen LogP) is 3.77. The Morgan fingerprint density at radius 3 is 2.53 bits per heavy atom. The molecule has 1 fully saturated rings. The predicted molar refractivity (Wildman–Crippen MR) is 118 cm³/mol. The van der Waals surface area contributed by atoms with Crippen LogP contribution >= 0.6 is 0 Å². The molecule has 1 amide bonds. The topological polar surface area (TPSA) is 66.4 Å². The molecule has 1 aromatic heterocycles. The monoisotopic (exact) mass is 480 g/mol. The number of hydrogen-bond acceptors (Lipinski definition) is 4. The summed E-state index contributed by atoms with van der Waals surface area (Å²) in [5, 5.41) is 4.82. The molecule has 1 aliphatic heterocycles. The Balaban J connectivity index is 1.82. The van der Waals surface area contributed by atoms with Crippen molar-refractivity contribution in [3.63, 3.8) is 0 Å². The lowest BCUT2D eigenvalue weighted by Crippen LogP contribution is -2.49. The number of aromatic nitrogens is 1. The van der Waals surface area contributed by atoms with Gasteiger partial charge in [0, 0.05) is 38.4 Å². The zero-order valence-electron chi connectivity index (χ0n) is 18.3. The second-order valence-electron chi connectivity index (χ2n) is 8.05. The van der Waals surface area contributed by atoms with E-state index in [1.54, 1.807) is 11.8 Å². The fourth-order valence-corrected chi connectivity index (χ4v) is 4.13. The van der Waals surface area contributed by atoms with Crippen LogP contribution in [0.25, 0.3) is 10.9 Å². The van der Waals surface area contributed by atoms with Gasteiger partial charge in [0.2, 0.25) is 5.43 Å². The van der Waals surface area contributed by atoms with Crippen LogP contribution in [0.5, 0.6) is 0 Å². The van der Waals surface area contributed by atoms with Crippen molar-refractivity contribution in [1.29, 1.82) is 0 Å². The quantitative estimate of drug-likeness (QED) is 0.441. The molecule has 34 heavy (non-hydrogen) atoms. The zero-order chi connectivity index (χ0) is 24.7. The maximum absolute atomic E-state index is 15.6. The first-order valence-corrected chi connectivity index (χ1v) is 10.6. The average molecular weight is 480 g/mol. The summed E-state index contributed by atoms with van der Waals surface area (Å²) in [7, 11) is 0. The first-order valence-electron chi connectivity index (χ1n) is 10.6. The Bertz CT molecular complexity index is 1360. The molecule has 0 bridgehead atoms. The molecule has 2 N–H and O–H groups in total. The molecule has 0 saturated carbocycles. The molecule has 2 heterocycles. The molecule has 11 heteroatoms. The van der Waals surface area contributed by atoms with Gasteiger partial charge in [0.25, 0.3) is 5.91 Å². The number of aryl methyl sites for hydroxylation is 1. The van der Waals surface area contributed by atoms with E-state index in [1.165, 1.54) is 4.57 Å². The Morgan fingerprint density at radius 2 is 1.85 bits per heavy atom. The number of carbonyl (C=O) groups excluding carboxylic acids is 1. The molecule has 0 radical (unpaired) electrons. The fourth-order valence-electron chi connectivity index (χ4n) is 4.13. The molecule has 1 unspecified atom stereocenters. The molecular formula is C23H21F5N4O2. The van der Waals surface area contributed by atoms with Crippen LogP contribution in [0, 0.1) is 29.1 Å². The molecule has 1 saturated heterocycles. The number of pyridine rings is 1. The van der Waals surface area contributed by atoms with E-state index in [9.17, 15) is 22.8 Å². The summed E-state index contributed by atoms with van der Waals surface area (Å²) in [6.07, 6.45) is 1.07. The number of benzene rings is 2. The number of rotatable bonds is 4. The van der Waals surface area contributed by atoms with E-state index in [-0.39, 0.29) is 29.2 Å². The SMILES string of the molecule is CCn1cc(C(=O)Nc2ccc(F)c(F)c2F)c(=O)c2cc(F)c(N3CCNC(C)C3)c(F)c21. The minimum atomic E-state index is -1.79. The third kappa shape index (κ3) is 4.00. The van der Waals surface area contributed by atoms with Crippen LogP contribution < -0.4 is 21.0 Å². The van der Waals surface area contributed by atoms with Gasteiger partial charge in [-0.2, -0.15) is 0 Å². The smallest absolute Gasteiger partial charge is 0.261 e. The highest BCUT2D eigenvalue weighted by Crippen LogP contribution is 2.31. The van der Waals surface area contributed by atoms with Crippen molar-refractivity contribution in [2.75, 3.05) is 29.9 Å². The summed E-state index contributed by atoms with van der Waals surface area (Å²) >= 11 is 0. The Hall–Kier alpha value is -3.47. The van der Waals surface area contributed by atoms with Gasteiger partial charge in [-0.1, -0.05) is 0 Å². The lowest BCUT2D eigenvalue weighted by atomic mass is 10.1. The van der Waals surface area contributed by atoms with Crippen LogP contribution in [0.3, 0.4) is 0 Å². The molecule has 180 valence electrons. The summed E-state index contributed by atoms with van der Waals surface area (Å²) in [6.45, 7) is 4.88. The van der Waals surface area contributed by atoms with Gasteiger partial charge in [-0.3, -0.25) is 9.59 Å². The van der Waals surface area contributed by atoms with E-state index in [0.717, 1.165) is 18.3 Å². The standard InChI is InChI=1S/C23H21F5N4O2/c1-3-31-10-13(23(34)30-16-5-4-14(24)17(26)18(16)27)22(33)12-8-15(25)21(19(28)20(12)31)32-7-6-29-11(2)9-32/h4-5,8,10-11,29H,3,6-7,9H2,1-2H3,(H,30,34). The van der Waals surface area contributed by atoms with Crippen LogP contribution in [0.15, 0.2) is 29.2 Å². The average Bonchev–Trinajstić information content (AvgIpc) is 2.80. The summed E-state index contributed by atoms with van der Waals surface area (Å²) < 4.78 is 72.5.